The minimum atomic E-state index is -0.161. The Labute approximate surface area is 110 Å². The molecule has 0 aliphatic carbocycles. The third kappa shape index (κ3) is 3.79. The van der Waals surface area contributed by atoms with Gasteiger partial charge in [-0.05, 0) is 57.2 Å². The van der Waals surface area contributed by atoms with Crippen LogP contribution in [0.3, 0.4) is 0 Å². The van der Waals surface area contributed by atoms with E-state index in [-0.39, 0.29) is 11.9 Å². The minimum Gasteiger partial charge on any atom is -0.319 e. The van der Waals surface area contributed by atoms with Gasteiger partial charge in [0.05, 0.1) is 0 Å². The number of benzene rings is 1. The average Bonchev–Trinajstić information content (AvgIpc) is 2.27. The van der Waals surface area contributed by atoms with E-state index in [0.717, 1.165) is 12.1 Å². The standard InChI is InChI=1S/C15H25FN2/c1-11(2)14(10-17-3)15(18(4)5)12-7-6-8-13(16)9-12/h6-9,11,14-15,17H,10H2,1-5H3. The first-order chi connectivity index (χ1) is 8.47. The van der Waals surface area contributed by atoms with E-state index in [1.54, 1.807) is 12.1 Å². The monoisotopic (exact) mass is 252 g/mol. The molecule has 2 unspecified atom stereocenters. The molecule has 2 nitrogen and oxygen atoms in total. The van der Waals surface area contributed by atoms with E-state index in [1.165, 1.54) is 6.07 Å². The molecule has 0 spiro atoms. The summed E-state index contributed by atoms with van der Waals surface area (Å²) < 4.78 is 13.4. The van der Waals surface area contributed by atoms with Crippen LogP contribution in [0.4, 0.5) is 4.39 Å². The Morgan fingerprint density at radius 1 is 1.28 bits per heavy atom. The van der Waals surface area contributed by atoms with E-state index in [1.807, 2.05) is 13.1 Å². The van der Waals surface area contributed by atoms with Crippen LogP contribution in [0, 0.1) is 17.7 Å². The molecule has 1 aromatic carbocycles. The molecule has 0 amide bonds. The van der Waals surface area contributed by atoms with Crippen LogP contribution >= 0.6 is 0 Å². The highest BCUT2D eigenvalue weighted by molar-refractivity contribution is 5.21. The van der Waals surface area contributed by atoms with E-state index in [4.69, 9.17) is 0 Å². The first kappa shape index (κ1) is 15.1. The van der Waals surface area contributed by atoms with Gasteiger partial charge >= 0.3 is 0 Å². The van der Waals surface area contributed by atoms with Crippen LogP contribution in [0.5, 0.6) is 0 Å². The highest BCUT2D eigenvalue weighted by Crippen LogP contribution is 2.31. The van der Waals surface area contributed by atoms with Crippen molar-refractivity contribution in [1.29, 1.82) is 0 Å². The summed E-state index contributed by atoms with van der Waals surface area (Å²) in [5.74, 6) is 0.825. The van der Waals surface area contributed by atoms with Crippen LogP contribution < -0.4 is 5.32 Å². The van der Waals surface area contributed by atoms with Crippen LogP contribution in [-0.4, -0.2) is 32.6 Å². The lowest BCUT2D eigenvalue weighted by molar-refractivity contribution is 0.168. The molecular formula is C15H25FN2. The molecule has 102 valence electrons. The van der Waals surface area contributed by atoms with Gasteiger partial charge in [-0.1, -0.05) is 26.0 Å². The minimum absolute atomic E-state index is 0.161. The van der Waals surface area contributed by atoms with Crippen molar-refractivity contribution in [2.75, 3.05) is 27.7 Å². The van der Waals surface area contributed by atoms with E-state index in [0.29, 0.717) is 11.8 Å². The topological polar surface area (TPSA) is 15.3 Å². The SMILES string of the molecule is CNCC(C(C)C)C(c1cccc(F)c1)N(C)C. The summed E-state index contributed by atoms with van der Waals surface area (Å²) in [6.07, 6.45) is 0. The third-order valence-corrected chi connectivity index (χ3v) is 3.45. The van der Waals surface area contributed by atoms with Crippen molar-refractivity contribution in [3.63, 3.8) is 0 Å². The van der Waals surface area contributed by atoms with Crippen molar-refractivity contribution in [1.82, 2.24) is 10.2 Å². The molecule has 0 saturated heterocycles. The molecular weight excluding hydrogens is 227 g/mol. The number of halogens is 1. The second kappa shape index (κ2) is 6.86. The van der Waals surface area contributed by atoms with Gasteiger partial charge in [0.1, 0.15) is 5.82 Å². The van der Waals surface area contributed by atoms with Crippen LogP contribution in [0.1, 0.15) is 25.5 Å². The molecule has 1 rings (SSSR count). The lowest BCUT2D eigenvalue weighted by atomic mass is 9.83. The zero-order valence-corrected chi connectivity index (χ0v) is 12.1. The Hall–Kier alpha value is -0.930. The van der Waals surface area contributed by atoms with Crippen LogP contribution in [-0.2, 0) is 0 Å². The van der Waals surface area contributed by atoms with Gasteiger partial charge in [0.2, 0.25) is 0 Å². The van der Waals surface area contributed by atoms with Gasteiger partial charge in [0.25, 0.3) is 0 Å². The van der Waals surface area contributed by atoms with Gasteiger partial charge < -0.3 is 10.2 Å². The lowest BCUT2D eigenvalue weighted by Gasteiger charge is -2.35. The third-order valence-electron chi connectivity index (χ3n) is 3.45. The second-order valence-electron chi connectivity index (χ2n) is 5.43. The molecule has 0 bridgehead atoms. The van der Waals surface area contributed by atoms with Gasteiger partial charge in [0.15, 0.2) is 0 Å². The molecule has 0 aliphatic rings. The quantitative estimate of drug-likeness (QED) is 0.837. The molecule has 0 aliphatic heterocycles. The highest BCUT2D eigenvalue weighted by atomic mass is 19.1. The summed E-state index contributed by atoms with van der Waals surface area (Å²) in [6.45, 7) is 5.37. The number of hydrogen-bond acceptors (Lipinski definition) is 2. The van der Waals surface area contributed by atoms with Crippen molar-refractivity contribution < 1.29 is 4.39 Å². The summed E-state index contributed by atoms with van der Waals surface area (Å²) in [6, 6.07) is 7.18. The molecule has 0 saturated carbocycles. The van der Waals surface area contributed by atoms with Gasteiger partial charge in [-0.25, -0.2) is 4.39 Å². The highest BCUT2D eigenvalue weighted by Gasteiger charge is 2.27. The summed E-state index contributed by atoms with van der Waals surface area (Å²) in [5, 5.41) is 3.25. The first-order valence-electron chi connectivity index (χ1n) is 6.53. The van der Waals surface area contributed by atoms with Crippen molar-refractivity contribution in [3.8, 4) is 0 Å². The molecule has 1 aromatic rings. The smallest absolute Gasteiger partial charge is 0.123 e. The molecule has 18 heavy (non-hydrogen) atoms. The fraction of sp³-hybridized carbons (Fsp3) is 0.600. The second-order valence-corrected chi connectivity index (χ2v) is 5.43. The van der Waals surface area contributed by atoms with Crippen molar-refractivity contribution in [3.05, 3.63) is 35.6 Å². The largest absolute Gasteiger partial charge is 0.319 e. The number of nitrogens with zero attached hydrogens (tertiary/aromatic N) is 1. The molecule has 0 fully saturated rings. The molecule has 0 heterocycles. The maximum atomic E-state index is 13.4. The Morgan fingerprint density at radius 2 is 1.94 bits per heavy atom. The number of hydrogen-bond donors (Lipinski definition) is 1. The van der Waals surface area contributed by atoms with E-state index in [9.17, 15) is 4.39 Å². The van der Waals surface area contributed by atoms with Gasteiger partial charge in [0, 0.05) is 6.04 Å². The van der Waals surface area contributed by atoms with Gasteiger partial charge in [-0.2, -0.15) is 0 Å². The van der Waals surface area contributed by atoms with E-state index < -0.39 is 0 Å². The number of nitrogens with one attached hydrogen (secondary N) is 1. The summed E-state index contributed by atoms with van der Waals surface area (Å²) in [5.41, 5.74) is 1.05. The Morgan fingerprint density at radius 3 is 2.39 bits per heavy atom. The van der Waals surface area contributed by atoms with Crippen LogP contribution in [0.15, 0.2) is 24.3 Å². The van der Waals surface area contributed by atoms with Gasteiger partial charge in [-0.3, -0.25) is 0 Å². The Bertz CT molecular complexity index is 363. The predicted octanol–water partition coefficient (Wildman–Crippen LogP) is 2.92. The number of rotatable bonds is 6. The molecule has 2 atom stereocenters. The van der Waals surface area contributed by atoms with E-state index in [2.05, 4.69) is 38.2 Å². The zero-order valence-electron chi connectivity index (χ0n) is 12.1. The van der Waals surface area contributed by atoms with Crippen molar-refractivity contribution in [2.24, 2.45) is 11.8 Å². The summed E-state index contributed by atoms with van der Waals surface area (Å²) in [4.78, 5) is 2.18. The molecule has 3 heteroatoms. The lowest BCUT2D eigenvalue weighted by Crippen LogP contribution is -2.36. The fourth-order valence-electron chi connectivity index (χ4n) is 2.57. The normalized spacial score (nSPS) is 15.1. The van der Waals surface area contributed by atoms with Gasteiger partial charge in [-0.15, -0.1) is 0 Å². The zero-order chi connectivity index (χ0) is 13.7. The van der Waals surface area contributed by atoms with Crippen LogP contribution in [0.2, 0.25) is 0 Å². The predicted molar refractivity (Wildman–Crippen MR) is 75.1 cm³/mol. The maximum Gasteiger partial charge on any atom is 0.123 e. The Kier molecular flexibility index (Phi) is 5.76. The maximum absolute atomic E-state index is 13.4. The van der Waals surface area contributed by atoms with Crippen molar-refractivity contribution in [2.45, 2.75) is 19.9 Å². The first-order valence-corrected chi connectivity index (χ1v) is 6.53. The Balaban J connectivity index is 3.07. The average molecular weight is 252 g/mol. The van der Waals surface area contributed by atoms with E-state index >= 15 is 0 Å². The summed E-state index contributed by atoms with van der Waals surface area (Å²) in [7, 11) is 6.08. The van der Waals surface area contributed by atoms with Crippen molar-refractivity contribution >= 4 is 0 Å². The van der Waals surface area contributed by atoms with Crippen LogP contribution in [0.25, 0.3) is 0 Å². The summed E-state index contributed by atoms with van der Waals surface area (Å²) >= 11 is 0. The molecule has 0 aromatic heterocycles. The fourth-order valence-corrected chi connectivity index (χ4v) is 2.57. The molecule has 0 radical (unpaired) electrons. The molecule has 1 N–H and O–H groups in total.